The average Bonchev–Trinajstić information content (AvgIpc) is 3.37. The van der Waals surface area contributed by atoms with Crippen LogP contribution in [0.3, 0.4) is 0 Å². The summed E-state index contributed by atoms with van der Waals surface area (Å²) in [7, 11) is 0. The number of fused-ring (bicyclic) bond motifs is 8. The Hall–Kier alpha value is -8.47. The molecule has 0 saturated carbocycles. The smallest absolute Gasteiger partial charge is 0.0972 e. The van der Waals surface area contributed by atoms with Crippen molar-refractivity contribution in [3.8, 4) is 44.9 Å². The SMILES string of the molecule is c1ccc(-c2nc(-c3ccc(N(c4ccc(-c5ccc6c7ccccc7c7ccccc7c6c5)cc4)c4ccc(-c5cc6ccccc6cn5)cc4)cc3)cc3cccnc23)cc1. The molecule has 0 bridgehead atoms. The molecule has 0 fully saturated rings. The second kappa shape index (κ2) is 15.2. The van der Waals surface area contributed by atoms with Crippen molar-refractivity contribution in [2.75, 3.05) is 4.90 Å². The van der Waals surface area contributed by atoms with Gasteiger partial charge in [-0.15, -0.1) is 0 Å². The lowest BCUT2D eigenvalue weighted by molar-refractivity contribution is 1.27. The van der Waals surface area contributed by atoms with E-state index < -0.39 is 0 Å². The predicted molar refractivity (Wildman–Crippen MR) is 264 cm³/mol. The van der Waals surface area contributed by atoms with Crippen molar-refractivity contribution >= 4 is 71.1 Å². The Morgan fingerprint density at radius 3 is 1.44 bits per heavy atom. The van der Waals surface area contributed by atoms with E-state index in [-0.39, 0.29) is 0 Å². The van der Waals surface area contributed by atoms with Crippen LogP contribution in [-0.2, 0) is 0 Å². The molecule has 0 N–H and O–H groups in total. The number of rotatable bonds is 7. The van der Waals surface area contributed by atoms with Gasteiger partial charge in [0.2, 0.25) is 0 Å². The van der Waals surface area contributed by atoms with E-state index >= 15 is 0 Å². The molecule has 0 radical (unpaired) electrons. The molecule has 12 aromatic rings. The van der Waals surface area contributed by atoms with Gasteiger partial charge in [-0.2, -0.15) is 0 Å². The van der Waals surface area contributed by atoms with Gasteiger partial charge in [0.05, 0.1) is 22.6 Å². The summed E-state index contributed by atoms with van der Waals surface area (Å²) in [5.41, 5.74) is 12.3. The van der Waals surface area contributed by atoms with Crippen LogP contribution in [0.2, 0.25) is 0 Å². The third-order valence-electron chi connectivity index (χ3n) is 12.3. The minimum Gasteiger partial charge on any atom is -0.311 e. The summed E-state index contributed by atoms with van der Waals surface area (Å²) in [4.78, 5) is 17.1. The molecule has 3 aromatic heterocycles. The van der Waals surface area contributed by atoms with Crippen LogP contribution >= 0.6 is 0 Å². The van der Waals surface area contributed by atoms with Crippen LogP contribution in [0.4, 0.5) is 17.1 Å². The van der Waals surface area contributed by atoms with Crippen molar-refractivity contribution in [2.45, 2.75) is 0 Å². The zero-order valence-electron chi connectivity index (χ0n) is 34.2. The molecule has 0 amide bonds. The van der Waals surface area contributed by atoms with Crippen molar-refractivity contribution < 1.29 is 0 Å². The first-order chi connectivity index (χ1) is 31.2. The summed E-state index contributed by atoms with van der Waals surface area (Å²) < 4.78 is 0. The Kier molecular flexibility index (Phi) is 8.79. The monoisotopic (exact) mass is 802 g/mol. The van der Waals surface area contributed by atoms with Crippen LogP contribution in [0.1, 0.15) is 0 Å². The molecule has 4 heteroatoms. The average molecular weight is 803 g/mol. The molecule has 0 saturated heterocycles. The van der Waals surface area contributed by atoms with Crippen molar-refractivity contribution in [1.82, 2.24) is 15.0 Å². The van der Waals surface area contributed by atoms with E-state index in [0.29, 0.717) is 0 Å². The molecular weight excluding hydrogens is 765 g/mol. The summed E-state index contributed by atoms with van der Waals surface area (Å²) in [5, 5.41) is 11.0. The molecule has 12 rings (SSSR count). The minimum atomic E-state index is 0.878. The lowest BCUT2D eigenvalue weighted by atomic mass is 9.92. The molecule has 3 heterocycles. The number of hydrogen-bond donors (Lipinski definition) is 0. The minimum absolute atomic E-state index is 0.878. The van der Waals surface area contributed by atoms with Gasteiger partial charge < -0.3 is 4.90 Å². The Morgan fingerprint density at radius 2 is 0.794 bits per heavy atom. The second-order valence-corrected chi connectivity index (χ2v) is 16.0. The van der Waals surface area contributed by atoms with E-state index in [4.69, 9.17) is 15.0 Å². The van der Waals surface area contributed by atoms with Gasteiger partial charge in [-0.3, -0.25) is 9.97 Å². The molecular formula is C59H38N4. The first kappa shape index (κ1) is 36.4. The predicted octanol–water partition coefficient (Wildman–Crippen LogP) is 15.8. The van der Waals surface area contributed by atoms with Crippen molar-refractivity contribution in [1.29, 1.82) is 0 Å². The van der Waals surface area contributed by atoms with Crippen LogP contribution in [0.15, 0.2) is 231 Å². The highest BCUT2D eigenvalue weighted by Gasteiger charge is 2.17. The van der Waals surface area contributed by atoms with Gasteiger partial charge >= 0.3 is 0 Å². The third-order valence-corrected chi connectivity index (χ3v) is 12.3. The van der Waals surface area contributed by atoms with Crippen LogP contribution in [0.25, 0.3) is 98.9 Å². The summed E-state index contributed by atoms with van der Waals surface area (Å²) in [6.45, 7) is 0. The van der Waals surface area contributed by atoms with Crippen LogP contribution in [-0.4, -0.2) is 15.0 Å². The Labute approximate surface area is 365 Å². The van der Waals surface area contributed by atoms with Crippen LogP contribution < -0.4 is 4.90 Å². The first-order valence-electron chi connectivity index (χ1n) is 21.3. The van der Waals surface area contributed by atoms with Crippen LogP contribution in [0, 0.1) is 0 Å². The molecule has 0 spiro atoms. The highest BCUT2D eigenvalue weighted by Crippen LogP contribution is 2.40. The van der Waals surface area contributed by atoms with Gasteiger partial charge in [-0.05, 0) is 109 Å². The van der Waals surface area contributed by atoms with Gasteiger partial charge in [-0.25, -0.2) is 4.98 Å². The van der Waals surface area contributed by atoms with E-state index in [9.17, 15) is 0 Å². The maximum atomic E-state index is 5.20. The van der Waals surface area contributed by atoms with E-state index in [1.54, 1.807) is 0 Å². The first-order valence-corrected chi connectivity index (χ1v) is 21.3. The van der Waals surface area contributed by atoms with E-state index in [0.717, 1.165) is 72.7 Å². The fourth-order valence-corrected chi connectivity index (χ4v) is 9.17. The number of aromatic nitrogens is 3. The Bertz CT molecular complexity index is 3620. The fraction of sp³-hybridized carbons (Fsp3) is 0. The number of pyridine rings is 3. The summed E-state index contributed by atoms with van der Waals surface area (Å²) in [6, 6.07) is 77.9. The van der Waals surface area contributed by atoms with Crippen molar-refractivity contribution in [3.05, 3.63) is 231 Å². The quantitative estimate of drug-likeness (QED) is 0.151. The molecule has 4 nitrogen and oxygen atoms in total. The Morgan fingerprint density at radius 1 is 0.302 bits per heavy atom. The number of nitrogens with zero attached hydrogens (tertiary/aromatic N) is 4. The summed E-state index contributed by atoms with van der Waals surface area (Å²) in [5.74, 6) is 0. The van der Waals surface area contributed by atoms with Gasteiger partial charge in [0.15, 0.2) is 0 Å². The van der Waals surface area contributed by atoms with Crippen molar-refractivity contribution in [2.24, 2.45) is 0 Å². The van der Waals surface area contributed by atoms with E-state index in [1.165, 1.54) is 43.3 Å². The lowest BCUT2D eigenvalue weighted by Crippen LogP contribution is -2.09. The molecule has 0 unspecified atom stereocenters. The summed E-state index contributed by atoms with van der Waals surface area (Å²) in [6.07, 6.45) is 3.79. The molecule has 0 aliphatic heterocycles. The number of benzene rings is 9. The largest absolute Gasteiger partial charge is 0.311 e. The number of anilines is 3. The van der Waals surface area contributed by atoms with Gasteiger partial charge in [-0.1, -0.05) is 158 Å². The molecule has 63 heavy (non-hydrogen) atoms. The topological polar surface area (TPSA) is 41.9 Å². The molecule has 0 atom stereocenters. The molecule has 0 aliphatic rings. The lowest BCUT2D eigenvalue weighted by Gasteiger charge is -2.26. The van der Waals surface area contributed by atoms with Gasteiger partial charge in [0, 0.05) is 56.9 Å². The molecule has 0 aliphatic carbocycles. The Balaban J connectivity index is 0.940. The molecule has 9 aromatic carbocycles. The normalized spacial score (nSPS) is 11.5. The highest BCUT2D eigenvalue weighted by atomic mass is 15.1. The maximum absolute atomic E-state index is 5.20. The zero-order chi connectivity index (χ0) is 41.7. The molecule has 294 valence electrons. The zero-order valence-corrected chi connectivity index (χ0v) is 34.2. The third kappa shape index (κ3) is 6.53. The summed E-state index contributed by atoms with van der Waals surface area (Å²) >= 11 is 0. The van der Waals surface area contributed by atoms with E-state index in [1.807, 2.05) is 36.7 Å². The maximum Gasteiger partial charge on any atom is 0.0972 e. The fourth-order valence-electron chi connectivity index (χ4n) is 9.17. The van der Waals surface area contributed by atoms with Crippen LogP contribution in [0.5, 0.6) is 0 Å². The highest BCUT2D eigenvalue weighted by molar-refractivity contribution is 6.25. The van der Waals surface area contributed by atoms with Crippen molar-refractivity contribution in [3.63, 3.8) is 0 Å². The van der Waals surface area contributed by atoms with E-state index in [2.05, 4.69) is 199 Å². The second-order valence-electron chi connectivity index (χ2n) is 16.0. The van der Waals surface area contributed by atoms with Gasteiger partial charge in [0.1, 0.15) is 0 Å². The van der Waals surface area contributed by atoms with Gasteiger partial charge in [0.25, 0.3) is 0 Å². The number of hydrogen-bond acceptors (Lipinski definition) is 4. The standard InChI is InChI=1S/C59H38N4/c1-2-11-42(12-3-1)59-58-45(15-10-34-60-58)37-57(62-59)41-24-31-49(32-25-41)63(48-29-22-40(23-30-48)56-36-43-13-4-5-14-46(43)38-61-56)47-27-20-39(21-28-47)44-26-33-54-52-18-7-6-16-50(52)51-17-8-9-19-53(51)55(54)35-44/h1-38H.